The highest BCUT2D eigenvalue weighted by molar-refractivity contribution is 7.21. The maximum absolute atomic E-state index is 11.6. The fourth-order valence-corrected chi connectivity index (χ4v) is 25.4. The molecule has 0 saturated carbocycles. The van der Waals surface area contributed by atoms with Crippen LogP contribution in [-0.2, 0) is 5.41 Å². The van der Waals surface area contributed by atoms with Gasteiger partial charge in [0.15, 0.2) is 24.2 Å². The minimum absolute atomic E-state index is 0.0693. The molecule has 18 aromatic rings. The van der Waals surface area contributed by atoms with Crippen molar-refractivity contribution >= 4 is 119 Å². The predicted molar refractivity (Wildman–Crippen MR) is 457 cm³/mol. The van der Waals surface area contributed by atoms with Crippen LogP contribution in [0.5, 0.6) is 11.5 Å². The van der Waals surface area contributed by atoms with Gasteiger partial charge < -0.3 is 4.74 Å². The molecule has 0 N–H and O–H groups in total. The molecule has 0 unspecified atom stereocenters. The van der Waals surface area contributed by atoms with Gasteiger partial charge in [-0.15, -0.1) is 0 Å². The molecule has 5 nitrogen and oxygen atoms in total. The van der Waals surface area contributed by atoms with Crippen LogP contribution >= 0.6 is 0 Å². The van der Waals surface area contributed by atoms with E-state index in [1.165, 1.54) is 24.3 Å². The number of pyridine rings is 1. The molecule has 0 aliphatic carbocycles. The SMILES string of the molecule is [2H]c1c([2H])c([2H])c([Si](c2ccc3c(c2)n(-c2cccc(Oc4ccc5c6ccccc6n(-c6cc(C(C)(C)C)ccn6)c5c4)c2)[c-][n+]3-c2c(-c3c([2H])c([2H])c([2H])c([Si](c4c([2H])c([2H])c([2H])c([2H])c4[2H])(c4c([2H])c([2H])c([2H])c([2H])c4[2H])c4c([2H])c([2H])c([2H])c([2H])c4[2H])c3[2H])cccc2[Si](c2c([2H])c([2H])c([2H])c([2H])c2[2H])(c2c([2H])c([2H])c([2H])c([2H])c2[2H])c2c([2H])c([2H])c([2H])c([2H])c2[2H])(c2c([2H])c([2H])c([2H])c([2H])c2[2H])c2c([2H])c([2H])c([2H])c([2H])c2[2H])c([2H])c1[2H]. The van der Waals surface area contributed by atoms with E-state index in [0.29, 0.717) is 22.2 Å². The minimum atomic E-state index is -7.08. The Balaban J connectivity index is 1.15. The summed E-state index contributed by atoms with van der Waals surface area (Å²) in [6.07, 6.45) is 4.84. The van der Waals surface area contributed by atoms with E-state index < -0.39 is 416 Å². The Labute approximate surface area is 703 Å². The zero-order valence-corrected chi connectivity index (χ0v) is 59.7. The number of hydrogen-bond donors (Lipinski definition) is 0. The lowest BCUT2D eigenvalue weighted by molar-refractivity contribution is -0.570. The second kappa shape index (κ2) is 28.2. The Bertz CT molecular complexity index is 8670. The highest BCUT2D eigenvalue weighted by Gasteiger charge is 2.46. The summed E-state index contributed by atoms with van der Waals surface area (Å²) in [5, 5.41) is -13.2. The molecule has 0 atom stereocenters. The number of ether oxygens (including phenoxy) is 1. The molecular weight excluding hydrogens is 1360 g/mol. The second-order valence-electron chi connectivity index (χ2n) is 25.5. The van der Waals surface area contributed by atoms with Crippen molar-refractivity contribution in [3.8, 4) is 39.8 Å². The summed E-state index contributed by atoms with van der Waals surface area (Å²) in [5.74, 6) is 0.366. The van der Waals surface area contributed by atoms with Crippen LogP contribution in [0.2, 0.25) is 0 Å². The zero-order valence-electron chi connectivity index (χ0n) is 106. The third-order valence-corrected chi connectivity index (χ3v) is 31.1. The van der Waals surface area contributed by atoms with Crippen LogP contribution in [0.4, 0.5) is 0 Å². The van der Waals surface area contributed by atoms with Crippen LogP contribution in [-0.4, -0.2) is 38.3 Å². The lowest BCUT2D eigenvalue weighted by Gasteiger charge is -2.37. The van der Waals surface area contributed by atoms with Gasteiger partial charge in [-0.25, -0.2) is 4.98 Å². The Morgan fingerprint density at radius 2 is 0.824 bits per heavy atom. The molecule has 0 spiro atoms. The lowest BCUT2D eigenvalue weighted by atomic mass is 9.88. The van der Waals surface area contributed by atoms with E-state index in [-0.39, 0.29) is 17.2 Å². The van der Waals surface area contributed by atoms with Crippen molar-refractivity contribution in [2.75, 3.05) is 0 Å². The van der Waals surface area contributed by atoms with Crippen molar-refractivity contribution in [1.82, 2.24) is 14.1 Å². The first-order chi connectivity index (χ1) is 73.5. The fraction of sp³-hybridized carbons (Fsp3) is 0.0400. The largest absolute Gasteiger partial charge is 0.458 e. The number of aromatic nitrogens is 4. The maximum Gasteiger partial charge on any atom is 0.269 e. The van der Waals surface area contributed by atoms with E-state index in [1.54, 1.807) is 24.4 Å². The Hall–Kier alpha value is -12.8. The average Bonchev–Trinajstić information content (AvgIpc) is 1.14. The summed E-state index contributed by atoms with van der Waals surface area (Å²) in [7, 11) is -20.6. The summed E-state index contributed by atoms with van der Waals surface area (Å²) in [4.78, 5) is 4.83. The first-order valence-electron chi connectivity index (χ1n) is 57.7. The average molecular weight is 1490 g/mol. The Morgan fingerprint density at radius 3 is 1.33 bits per heavy atom. The summed E-state index contributed by atoms with van der Waals surface area (Å²) >= 11 is 0. The van der Waals surface area contributed by atoms with E-state index in [4.69, 9.17) is 17.9 Å². The van der Waals surface area contributed by atoms with Gasteiger partial charge in [-0.2, -0.15) is 0 Å². The summed E-state index contributed by atoms with van der Waals surface area (Å²) < 4.78 is 495. The minimum Gasteiger partial charge on any atom is -0.458 e. The summed E-state index contributed by atoms with van der Waals surface area (Å²) in [6.45, 7) is 6.03. The van der Waals surface area contributed by atoms with Crippen molar-refractivity contribution in [1.29, 1.82) is 0 Å². The van der Waals surface area contributed by atoms with Crippen LogP contribution < -0.4 is 71.5 Å². The van der Waals surface area contributed by atoms with Crippen molar-refractivity contribution < 1.29 is 76.5 Å². The van der Waals surface area contributed by atoms with Gasteiger partial charge in [-0.3, -0.25) is 13.7 Å². The Morgan fingerprint density at radius 1 is 0.370 bits per heavy atom. The fourth-order valence-electron chi connectivity index (χ4n) is 14.0. The van der Waals surface area contributed by atoms with Crippen molar-refractivity contribution in [3.63, 3.8) is 0 Å². The van der Waals surface area contributed by atoms with Crippen LogP contribution in [0.3, 0.4) is 0 Å². The quantitative estimate of drug-likeness (QED) is 0.0371. The highest BCUT2D eigenvalue weighted by atomic mass is 28.3. The van der Waals surface area contributed by atoms with Crippen molar-refractivity contribution in [2.24, 2.45) is 0 Å². The zero-order chi connectivity index (χ0) is 115. The first kappa shape index (κ1) is 32.5. The van der Waals surface area contributed by atoms with Gasteiger partial charge >= 0.3 is 0 Å². The highest BCUT2D eigenvalue weighted by Crippen LogP contribution is 2.37. The number of nitrogens with zero attached hydrogens (tertiary/aromatic N) is 4. The topological polar surface area (TPSA) is 35.9 Å². The number of fused-ring (bicyclic) bond motifs is 4. The van der Waals surface area contributed by atoms with Crippen LogP contribution in [0.25, 0.3) is 61.2 Å². The van der Waals surface area contributed by atoms with E-state index >= 15 is 0 Å². The first-order valence-corrected chi connectivity index (χ1v) is 39.2. The number of para-hydroxylation sites is 2. The molecule has 8 heteroatoms. The van der Waals surface area contributed by atoms with Gasteiger partial charge in [0.25, 0.3) is 6.33 Å². The third kappa shape index (κ3) is 11.5. The standard InChI is InChI=1S/C100H78N4OSi3/c1-100(2,3)75-66-67-101-98(69-75)104-93-60-32-31-58-91(93)92-64-62-78(71-95(92)104)105-77-38-34-37-76(70-77)102-73-103(94-65-63-89(72-96(94)102)107(82-45-19-7-20-46-82,83-47-21-8-22-48-83)84-49-23-9-24-50-84)99-90(59-35-61-97(99)108(85-51-25-10-26-52-85,86-53-27-11-28-54-86)87-55-29-12-30-56-87)74-36-33-57-88(68-74)106(79-39-13-4-14-40-79,80-41-15-5-16-42-80)81-43-17-6-18-44-81/h4-72H,1-3H3/i4D,5D,6D,7D,8D,9D,10D,11D,12D,13D,14D,15D,16D,17D,18D,19D,20D,21D,22D,23D,24D,25D,26D,27D,28D,29D,30D,33D,36D,39D,40D,41D,42D,43D,44D,45D,46D,47D,48D,49D,50D,51D,52D,53D,54D,55D,56D,57D,68D. The van der Waals surface area contributed by atoms with Gasteiger partial charge in [0, 0.05) is 23.0 Å². The van der Waals surface area contributed by atoms with Crippen LogP contribution in [0, 0.1) is 6.33 Å². The number of rotatable bonds is 18. The molecule has 15 aromatic carbocycles. The van der Waals surface area contributed by atoms with Gasteiger partial charge in [0.1, 0.15) is 17.3 Å². The van der Waals surface area contributed by atoms with Gasteiger partial charge in [-0.1, -0.05) is 378 Å². The second-order valence-corrected chi connectivity index (χ2v) is 36.1. The number of hydrogen-bond acceptors (Lipinski definition) is 2. The molecule has 18 rings (SSSR count). The third-order valence-electron chi connectivity index (χ3n) is 18.7. The van der Waals surface area contributed by atoms with Gasteiger partial charge in [-0.05, 0) is 133 Å². The smallest absolute Gasteiger partial charge is 0.269 e. The molecule has 108 heavy (non-hydrogen) atoms. The maximum atomic E-state index is 11.6. The molecule has 0 aliphatic heterocycles. The molecule has 3 aromatic heterocycles. The summed E-state index contributed by atoms with van der Waals surface area (Å²) in [6, 6.07) is -39.8. The summed E-state index contributed by atoms with van der Waals surface area (Å²) in [5.41, 5.74) is -3.48. The molecular formula is C100H78N4OSi3. The molecule has 3 heterocycles. The normalized spacial score (nSPS) is 18.4. The Kier molecular flexibility index (Phi) is 8.49. The van der Waals surface area contributed by atoms with Crippen molar-refractivity contribution in [2.45, 2.75) is 26.2 Å². The predicted octanol–water partition coefficient (Wildman–Crippen LogP) is 15.1. The van der Waals surface area contributed by atoms with Crippen LogP contribution in [0.15, 0.2) is 418 Å². The lowest BCUT2D eigenvalue weighted by Crippen LogP contribution is -2.76. The van der Waals surface area contributed by atoms with Crippen molar-refractivity contribution in [3.05, 3.63) is 429 Å². The number of imidazole rings is 1. The van der Waals surface area contributed by atoms with Crippen LogP contribution in [0.1, 0.15) is 93.5 Å². The molecule has 516 valence electrons. The van der Waals surface area contributed by atoms with E-state index in [0.717, 1.165) is 56.5 Å². The van der Waals surface area contributed by atoms with Gasteiger partial charge in [0.05, 0.1) is 101 Å². The monoisotopic (exact) mass is 1480 g/mol. The molecule has 0 fully saturated rings. The molecule has 0 aliphatic rings. The molecule has 0 amide bonds. The molecule has 0 bridgehead atoms. The van der Waals surface area contributed by atoms with E-state index in [9.17, 15) is 58.9 Å². The van der Waals surface area contributed by atoms with E-state index in [1.807, 2.05) is 61.7 Å². The van der Waals surface area contributed by atoms with Gasteiger partial charge in [0.2, 0.25) is 0 Å². The molecule has 0 saturated heterocycles. The van der Waals surface area contributed by atoms with E-state index in [2.05, 4.69) is 6.33 Å². The molecule has 0 radical (unpaired) electrons. The number of benzene rings is 15.